The molecule has 0 aromatic heterocycles. The molecule has 0 atom stereocenters. The Hall–Kier alpha value is -0.280. The lowest BCUT2D eigenvalue weighted by molar-refractivity contribution is 1.72. The summed E-state index contributed by atoms with van der Waals surface area (Å²) in [7, 11) is 0. The van der Waals surface area contributed by atoms with Gasteiger partial charge in [-0.15, -0.1) is 24.8 Å². The van der Waals surface area contributed by atoms with Gasteiger partial charge >= 0.3 is 0 Å². The first-order valence-electron chi connectivity index (χ1n) is 2.00. The van der Waals surface area contributed by atoms with Crippen molar-refractivity contribution in [2.24, 2.45) is 0 Å². The molecule has 0 unspecified atom stereocenters. The monoisotopic (exact) mass is 184 g/mol. The van der Waals surface area contributed by atoms with Gasteiger partial charge in [0, 0.05) is 0 Å². The van der Waals surface area contributed by atoms with Crippen LogP contribution in [0.1, 0.15) is 0 Å². The highest BCUT2D eigenvalue weighted by Gasteiger charge is 1.57. The normalized spacial score (nSPS) is 4.80. The zero-order valence-corrected chi connectivity index (χ0v) is 7.33. The Labute approximate surface area is 74.0 Å². The minimum atomic E-state index is 0. The van der Waals surface area contributed by atoms with Crippen LogP contribution < -0.4 is 12.3 Å². The molecular weight excluding hydrogens is 171 g/mol. The number of halogens is 2. The van der Waals surface area contributed by atoms with Crippen molar-refractivity contribution in [2.75, 3.05) is 0 Å². The van der Waals surface area contributed by atoms with Crippen LogP contribution in [0.4, 0.5) is 0 Å². The van der Waals surface area contributed by atoms with Gasteiger partial charge in [0.2, 0.25) is 0 Å². The van der Waals surface area contributed by atoms with Crippen molar-refractivity contribution in [1.82, 2.24) is 12.3 Å². The SMILES string of the molecule is Cl.Cl.N.N.c1ccccc1. The van der Waals surface area contributed by atoms with E-state index in [1.54, 1.807) is 0 Å². The largest absolute Gasteiger partial charge is 0.344 e. The highest BCUT2D eigenvalue weighted by Crippen LogP contribution is 1.79. The molecule has 6 N–H and O–H groups in total. The summed E-state index contributed by atoms with van der Waals surface area (Å²) < 4.78 is 0. The summed E-state index contributed by atoms with van der Waals surface area (Å²) in [5, 5.41) is 0. The first-order valence-corrected chi connectivity index (χ1v) is 2.00. The first kappa shape index (κ1) is 22.6. The van der Waals surface area contributed by atoms with Crippen molar-refractivity contribution in [3.05, 3.63) is 36.4 Å². The smallest absolute Gasteiger partial charge is 0.0623 e. The van der Waals surface area contributed by atoms with E-state index in [2.05, 4.69) is 0 Å². The van der Waals surface area contributed by atoms with E-state index in [0.717, 1.165) is 0 Å². The fourth-order valence-electron chi connectivity index (χ4n) is 0.385. The molecule has 1 aromatic rings. The molecule has 0 aliphatic heterocycles. The molecule has 1 aromatic carbocycles. The van der Waals surface area contributed by atoms with E-state index in [-0.39, 0.29) is 37.1 Å². The third-order valence-corrected chi connectivity index (χ3v) is 0.667. The molecule has 1 rings (SSSR count). The van der Waals surface area contributed by atoms with Gasteiger partial charge in [0.15, 0.2) is 0 Å². The Balaban J connectivity index is -0.0000000450. The number of benzene rings is 1. The topological polar surface area (TPSA) is 70.0 Å². The van der Waals surface area contributed by atoms with E-state index in [1.165, 1.54) is 0 Å². The Bertz CT molecular complexity index is 85.7. The van der Waals surface area contributed by atoms with Crippen LogP contribution in [0.5, 0.6) is 0 Å². The second kappa shape index (κ2) is 15.9. The molecule has 0 aliphatic carbocycles. The van der Waals surface area contributed by atoms with Crippen molar-refractivity contribution in [3.8, 4) is 0 Å². The first-order chi connectivity index (χ1) is 3.00. The second-order valence-corrected chi connectivity index (χ2v) is 1.15. The third-order valence-electron chi connectivity index (χ3n) is 0.667. The van der Waals surface area contributed by atoms with E-state index in [1.807, 2.05) is 36.4 Å². The molecule has 4 heteroatoms. The minimum Gasteiger partial charge on any atom is -0.344 e. The molecule has 0 saturated carbocycles. The van der Waals surface area contributed by atoms with Gasteiger partial charge in [-0.25, -0.2) is 0 Å². The average molecular weight is 185 g/mol. The summed E-state index contributed by atoms with van der Waals surface area (Å²) in [4.78, 5) is 0. The highest BCUT2D eigenvalue weighted by molar-refractivity contribution is 5.85. The lowest BCUT2D eigenvalue weighted by Crippen LogP contribution is -1.47. The van der Waals surface area contributed by atoms with Crippen LogP contribution in [0.2, 0.25) is 0 Å². The molecule has 0 saturated heterocycles. The van der Waals surface area contributed by atoms with Crippen LogP contribution >= 0.6 is 24.8 Å². The molecule has 0 aliphatic rings. The quantitative estimate of drug-likeness (QED) is 0.652. The number of hydrogen-bond donors (Lipinski definition) is 2. The predicted octanol–water partition coefficient (Wildman–Crippen LogP) is 2.85. The average Bonchev–Trinajstić information content (AvgIpc) is 1.72. The minimum absolute atomic E-state index is 0. The highest BCUT2D eigenvalue weighted by atomic mass is 35.5. The molecule has 10 heavy (non-hydrogen) atoms. The number of hydrogen-bond acceptors (Lipinski definition) is 2. The maximum absolute atomic E-state index is 2.00. The Kier molecular flexibility index (Phi) is 35.9. The van der Waals surface area contributed by atoms with Gasteiger partial charge in [-0.05, 0) is 0 Å². The van der Waals surface area contributed by atoms with Crippen LogP contribution in [0.25, 0.3) is 0 Å². The van der Waals surface area contributed by atoms with Crippen LogP contribution in [0.3, 0.4) is 0 Å². The van der Waals surface area contributed by atoms with Crippen molar-refractivity contribution < 1.29 is 0 Å². The lowest BCUT2D eigenvalue weighted by Gasteiger charge is -1.69. The second-order valence-electron chi connectivity index (χ2n) is 1.15. The van der Waals surface area contributed by atoms with Crippen molar-refractivity contribution in [3.63, 3.8) is 0 Å². The molecule has 0 radical (unpaired) electrons. The van der Waals surface area contributed by atoms with Gasteiger partial charge in [0.05, 0.1) is 0 Å². The maximum atomic E-state index is 2.00. The zero-order chi connectivity index (χ0) is 4.24. The molecule has 0 spiro atoms. The van der Waals surface area contributed by atoms with E-state index < -0.39 is 0 Å². The molecule has 0 fully saturated rings. The maximum Gasteiger partial charge on any atom is -0.0623 e. The summed E-state index contributed by atoms with van der Waals surface area (Å²) in [5.74, 6) is 0. The molecule has 0 amide bonds. The van der Waals surface area contributed by atoms with Crippen molar-refractivity contribution >= 4 is 24.8 Å². The zero-order valence-electron chi connectivity index (χ0n) is 5.69. The van der Waals surface area contributed by atoms with Gasteiger partial charge in [-0.1, -0.05) is 36.4 Å². The Morgan fingerprint density at radius 3 is 0.600 bits per heavy atom. The fourth-order valence-corrected chi connectivity index (χ4v) is 0.385. The summed E-state index contributed by atoms with van der Waals surface area (Å²) in [6.07, 6.45) is 0. The molecule has 2 nitrogen and oxygen atoms in total. The van der Waals surface area contributed by atoms with Crippen molar-refractivity contribution in [2.45, 2.75) is 0 Å². The standard InChI is InChI=1S/C6H6.2ClH.2H3N/c1-2-4-6-5-3-1;;;;/h1-6H;2*1H;2*1H3. The van der Waals surface area contributed by atoms with Crippen LogP contribution in [-0.2, 0) is 0 Å². The predicted molar refractivity (Wildman–Crippen MR) is 51.0 cm³/mol. The van der Waals surface area contributed by atoms with E-state index in [9.17, 15) is 0 Å². The summed E-state index contributed by atoms with van der Waals surface area (Å²) >= 11 is 0. The lowest BCUT2D eigenvalue weighted by atomic mass is 10.4. The fraction of sp³-hybridized carbons (Fsp3) is 0. The van der Waals surface area contributed by atoms with Crippen molar-refractivity contribution in [1.29, 1.82) is 0 Å². The summed E-state index contributed by atoms with van der Waals surface area (Å²) in [6, 6.07) is 12.0. The van der Waals surface area contributed by atoms with Crippen LogP contribution in [-0.4, -0.2) is 0 Å². The molecular formula is C6H14Cl2N2. The third kappa shape index (κ3) is 10.7. The van der Waals surface area contributed by atoms with Gasteiger partial charge in [0.25, 0.3) is 0 Å². The Morgan fingerprint density at radius 1 is 0.400 bits per heavy atom. The molecule has 0 heterocycles. The van der Waals surface area contributed by atoms with E-state index in [0.29, 0.717) is 0 Å². The van der Waals surface area contributed by atoms with E-state index in [4.69, 9.17) is 0 Å². The van der Waals surface area contributed by atoms with Crippen LogP contribution in [0.15, 0.2) is 36.4 Å². The molecule has 62 valence electrons. The Morgan fingerprint density at radius 2 is 0.500 bits per heavy atom. The van der Waals surface area contributed by atoms with E-state index >= 15 is 0 Å². The molecule has 0 bridgehead atoms. The van der Waals surface area contributed by atoms with Gasteiger partial charge in [-0.2, -0.15) is 0 Å². The van der Waals surface area contributed by atoms with Gasteiger partial charge in [-0.3, -0.25) is 0 Å². The van der Waals surface area contributed by atoms with Crippen LogP contribution in [0, 0.1) is 0 Å². The summed E-state index contributed by atoms with van der Waals surface area (Å²) in [6.45, 7) is 0. The number of rotatable bonds is 0. The van der Waals surface area contributed by atoms with Gasteiger partial charge < -0.3 is 12.3 Å². The van der Waals surface area contributed by atoms with Gasteiger partial charge in [0.1, 0.15) is 0 Å². The summed E-state index contributed by atoms with van der Waals surface area (Å²) in [5.41, 5.74) is 0.